The van der Waals surface area contributed by atoms with E-state index >= 15 is 0 Å². The van der Waals surface area contributed by atoms with Crippen LogP contribution in [0.15, 0.2) is 42.5 Å². The minimum absolute atomic E-state index is 0.163. The van der Waals surface area contributed by atoms with Crippen LogP contribution in [0.4, 0.5) is 0 Å². The van der Waals surface area contributed by atoms with Gasteiger partial charge in [-0.3, -0.25) is 0 Å². The van der Waals surface area contributed by atoms with E-state index in [1.807, 2.05) is 18.2 Å². The van der Waals surface area contributed by atoms with Crippen LogP contribution in [0.3, 0.4) is 0 Å². The molecule has 0 bridgehead atoms. The van der Waals surface area contributed by atoms with Gasteiger partial charge in [-0.15, -0.1) is 0 Å². The average molecular weight is 270 g/mol. The van der Waals surface area contributed by atoms with Crippen molar-refractivity contribution in [3.05, 3.63) is 59.2 Å². The Balaban J connectivity index is 2.43. The van der Waals surface area contributed by atoms with Gasteiger partial charge in [-0.25, -0.2) is 0 Å². The van der Waals surface area contributed by atoms with Crippen LogP contribution < -0.4 is 0 Å². The lowest BCUT2D eigenvalue weighted by Crippen LogP contribution is -2.19. The van der Waals surface area contributed by atoms with Gasteiger partial charge in [0, 0.05) is 5.41 Å². The molecule has 2 aromatic rings. The molecule has 0 radical (unpaired) electrons. The molecule has 106 valence electrons. The Morgan fingerprint density at radius 3 is 2.10 bits per heavy atom. The van der Waals surface area contributed by atoms with Crippen molar-refractivity contribution >= 4 is 0 Å². The van der Waals surface area contributed by atoms with Crippen LogP contribution in [0.25, 0.3) is 0 Å². The lowest BCUT2D eigenvalue weighted by molar-refractivity contribution is 0.466. The Bertz CT molecular complexity index is 583. The molecule has 0 atom stereocenters. The summed E-state index contributed by atoms with van der Waals surface area (Å²) in [7, 11) is 0. The van der Waals surface area contributed by atoms with E-state index in [0.717, 1.165) is 24.0 Å². The molecule has 2 nitrogen and oxygen atoms in total. The summed E-state index contributed by atoms with van der Waals surface area (Å²) in [5.41, 5.74) is 3.15. The van der Waals surface area contributed by atoms with Crippen molar-refractivity contribution in [2.24, 2.45) is 0 Å². The van der Waals surface area contributed by atoms with Crippen molar-refractivity contribution in [2.45, 2.75) is 39.0 Å². The zero-order chi connectivity index (χ0) is 14.8. The molecule has 2 N–H and O–H groups in total. The quantitative estimate of drug-likeness (QED) is 0.865. The molecule has 0 aromatic heterocycles. The molecule has 0 aliphatic rings. The minimum Gasteiger partial charge on any atom is -0.508 e. The molecule has 0 amide bonds. The first-order valence-corrected chi connectivity index (χ1v) is 7.07. The highest BCUT2D eigenvalue weighted by Crippen LogP contribution is 2.34. The van der Waals surface area contributed by atoms with Crippen LogP contribution in [0.5, 0.6) is 11.5 Å². The SMILES string of the molecule is CCCc1cc(C(C)(C)c2ccc(O)cc2)ccc1O. The molecule has 2 rings (SSSR count). The minimum atomic E-state index is -0.163. The lowest BCUT2D eigenvalue weighted by atomic mass is 9.77. The Morgan fingerprint density at radius 1 is 0.900 bits per heavy atom. The molecule has 0 aliphatic carbocycles. The van der Waals surface area contributed by atoms with Crippen LogP contribution in [0.1, 0.15) is 43.9 Å². The number of phenolic OH excluding ortho intramolecular Hbond substituents is 2. The fourth-order valence-electron chi connectivity index (χ4n) is 2.49. The smallest absolute Gasteiger partial charge is 0.118 e. The van der Waals surface area contributed by atoms with Crippen LogP contribution in [0.2, 0.25) is 0 Å². The van der Waals surface area contributed by atoms with E-state index in [2.05, 4.69) is 26.8 Å². The summed E-state index contributed by atoms with van der Waals surface area (Å²) in [5.74, 6) is 0.652. The number of phenols is 2. The molecule has 0 unspecified atom stereocenters. The molecule has 0 aliphatic heterocycles. The number of aryl methyl sites for hydroxylation is 1. The molecular formula is C18H22O2. The summed E-state index contributed by atoms with van der Waals surface area (Å²) in [6, 6.07) is 13.2. The third kappa shape index (κ3) is 2.79. The zero-order valence-electron chi connectivity index (χ0n) is 12.4. The monoisotopic (exact) mass is 270 g/mol. The highest BCUT2D eigenvalue weighted by atomic mass is 16.3. The normalized spacial score (nSPS) is 11.6. The summed E-state index contributed by atoms with van der Waals surface area (Å²) < 4.78 is 0. The third-order valence-corrected chi connectivity index (χ3v) is 3.91. The van der Waals surface area contributed by atoms with Gasteiger partial charge in [0.05, 0.1) is 0 Å². The summed E-state index contributed by atoms with van der Waals surface area (Å²) >= 11 is 0. The zero-order valence-corrected chi connectivity index (χ0v) is 12.4. The van der Waals surface area contributed by atoms with E-state index < -0.39 is 0 Å². The maximum absolute atomic E-state index is 9.91. The number of rotatable bonds is 4. The van der Waals surface area contributed by atoms with Gasteiger partial charge in [-0.1, -0.05) is 51.5 Å². The second kappa shape index (κ2) is 5.58. The van der Waals surface area contributed by atoms with Crippen LogP contribution in [0, 0.1) is 0 Å². The van der Waals surface area contributed by atoms with Crippen molar-refractivity contribution in [1.82, 2.24) is 0 Å². The standard InChI is InChI=1S/C18H22O2/c1-4-5-13-12-15(8-11-17(13)20)18(2,3)14-6-9-16(19)10-7-14/h6-12,19-20H,4-5H2,1-3H3. The van der Waals surface area contributed by atoms with Gasteiger partial charge in [-0.2, -0.15) is 0 Å². The van der Waals surface area contributed by atoms with Crippen molar-refractivity contribution in [1.29, 1.82) is 0 Å². The molecule has 0 fully saturated rings. The maximum atomic E-state index is 9.91. The molecule has 0 saturated carbocycles. The topological polar surface area (TPSA) is 40.5 Å². The number of benzene rings is 2. The predicted molar refractivity (Wildman–Crippen MR) is 82.3 cm³/mol. The van der Waals surface area contributed by atoms with Gasteiger partial charge in [0.1, 0.15) is 11.5 Å². The van der Waals surface area contributed by atoms with Crippen LogP contribution in [-0.2, 0) is 11.8 Å². The van der Waals surface area contributed by atoms with E-state index in [0.29, 0.717) is 5.75 Å². The second-order valence-corrected chi connectivity index (χ2v) is 5.77. The van der Waals surface area contributed by atoms with E-state index in [1.54, 1.807) is 18.2 Å². The molecule has 20 heavy (non-hydrogen) atoms. The van der Waals surface area contributed by atoms with Gasteiger partial charge in [0.25, 0.3) is 0 Å². The Kier molecular flexibility index (Phi) is 4.03. The number of hydrogen-bond donors (Lipinski definition) is 2. The van der Waals surface area contributed by atoms with E-state index in [9.17, 15) is 10.2 Å². The van der Waals surface area contributed by atoms with E-state index in [-0.39, 0.29) is 11.2 Å². The first-order valence-electron chi connectivity index (χ1n) is 7.07. The van der Waals surface area contributed by atoms with E-state index in [1.165, 1.54) is 5.56 Å². The van der Waals surface area contributed by atoms with Gasteiger partial charge in [0.15, 0.2) is 0 Å². The Morgan fingerprint density at radius 2 is 1.50 bits per heavy atom. The highest BCUT2D eigenvalue weighted by molar-refractivity contribution is 5.44. The molecule has 2 aromatic carbocycles. The fourth-order valence-corrected chi connectivity index (χ4v) is 2.49. The molecular weight excluding hydrogens is 248 g/mol. The highest BCUT2D eigenvalue weighted by Gasteiger charge is 2.23. The fraction of sp³-hybridized carbons (Fsp3) is 0.333. The predicted octanol–water partition coefficient (Wildman–Crippen LogP) is 4.38. The second-order valence-electron chi connectivity index (χ2n) is 5.77. The van der Waals surface area contributed by atoms with Gasteiger partial charge in [0.2, 0.25) is 0 Å². The van der Waals surface area contributed by atoms with Gasteiger partial charge < -0.3 is 10.2 Å². The average Bonchev–Trinajstić information content (AvgIpc) is 2.42. The summed E-state index contributed by atoms with van der Waals surface area (Å²) in [5, 5.41) is 19.3. The summed E-state index contributed by atoms with van der Waals surface area (Å²) in [6.45, 7) is 6.42. The summed E-state index contributed by atoms with van der Waals surface area (Å²) in [6.07, 6.45) is 1.89. The third-order valence-electron chi connectivity index (χ3n) is 3.91. The molecule has 0 spiro atoms. The largest absolute Gasteiger partial charge is 0.508 e. The maximum Gasteiger partial charge on any atom is 0.118 e. The van der Waals surface area contributed by atoms with Crippen molar-refractivity contribution in [2.75, 3.05) is 0 Å². The Labute approximate surface area is 120 Å². The van der Waals surface area contributed by atoms with Gasteiger partial charge >= 0.3 is 0 Å². The summed E-state index contributed by atoms with van der Waals surface area (Å²) in [4.78, 5) is 0. The molecule has 0 heterocycles. The van der Waals surface area contributed by atoms with E-state index in [4.69, 9.17) is 0 Å². The first kappa shape index (κ1) is 14.4. The van der Waals surface area contributed by atoms with Gasteiger partial charge in [-0.05, 0) is 41.3 Å². The van der Waals surface area contributed by atoms with Crippen molar-refractivity contribution < 1.29 is 10.2 Å². The van der Waals surface area contributed by atoms with Crippen LogP contribution >= 0.6 is 0 Å². The van der Waals surface area contributed by atoms with Crippen molar-refractivity contribution in [3.8, 4) is 11.5 Å². The molecule has 2 heteroatoms. The van der Waals surface area contributed by atoms with Crippen LogP contribution in [-0.4, -0.2) is 10.2 Å². The van der Waals surface area contributed by atoms with Crippen molar-refractivity contribution in [3.63, 3.8) is 0 Å². The lowest BCUT2D eigenvalue weighted by Gasteiger charge is -2.27. The first-order chi connectivity index (χ1) is 9.45. The molecule has 0 saturated heterocycles. The Hall–Kier alpha value is -1.96. The number of hydrogen-bond acceptors (Lipinski definition) is 2. The number of aromatic hydroxyl groups is 2.